The van der Waals surface area contributed by atoms with Crippen molar-refractivity contribution >= 4 is 17.8 Å². The Morgan fingerprint density at radius 3 is 2.39 bits per heavy atom. The molecule has 1 aliphatic carbocycles. The molecule has 6 nitrogen and oxygen atoms in total. The van der Waals surface area contributed by atoms with E-state index < -0.39 is 17.8 Å². The second-order valence-corrected chi connectivity index (χ2v) is 4.40. The summed E-state index contributed by atoms with van der Waals surface area (Å²) in [5.41, 5.74) is 0. The Hall–Kier alpha value is -1.98. The first-order valence-electron chi connectivity index (χ1n) is 5.99. The number of carbonyl (C=O) groups is 2. The highest BCUT2D eigenvalue weighted by Gasteiger charge is 2.35. The molecule has 2 rings (SSSR count). The first kappa shape index (κ1) is 12.5. The number of rotatable bonds is 3. The average molecular weight is 249 g/mol. The van der Waals surface area contributed by atoms with Crippen LogP contribution in [0.15, 0.2) is 18.5 Å². The fourth-order valence-electron chi connectivity index (χ4n) is 2.31. The third-order valence-electron chi connectivity index (χ3n) is 3.22. The highest BCUT2D eigenvalue weighted by atomic mass is 16.4. The van der Waals surface area contributed by atoms with Gasteiger partial charge in [-0.05, 0) is 18.9 Å². The van der Waals surface area contributed by atoms with Gasteiger partial charge in [-0.15, -0.1) is 0 Å². The summed E-state index contributed by atoms with van der Waals surface area (Å²) in [4.78, 5) is 30.9. The molecule has 1 aromatic rings. The number of carboxylic acid groups (broad SMARTS) is 1. The van der Waals surface area contributed by atoms with E-state index in [0.717, 1.165) is 12.8 Å². The highest BCUT2D eigenvalue weighted by molar-refractivity contribution is 5.93. The van der Waals surface area contributed by atoms with E-state index in [1.54, 1.807) is 6.07 Å². The summed E-state index contributed by atoms with van der Waals surface area (Å²) in [7, 11) is 0. The highest BCUT2D eigenvalue weighted by Crippen LogP contribution is 2.30. The quantitative estimate of drug-likeness (QED) is 0.842. The van der Waals surface area contributed by atoms with E-state index >= 15 is 0 Å². The Balaban J connectivity index is 2.05. The van der Waals surface area contributed by atoms with Gasteiger partial charge in [0, 0.05) is 12.4 Å². The summed E-state index contributed by atoms with van der Waals surface area (Å²) < 4.78 is 0. The Labute approximate surface area is 104 Å². The first-order valence-corrected chi connectivity index (χ1v) is 5.99. The molecule has 6 heteroatoms. The van der Waals surface area contributed by atoms with Crippen molar-refractivity contribution in [2.24, 2.45) is 11.8 Å². The summed E-state index contributed by atoms with van der Waals surface area (Å²) in [6, 6.07) is 1.65. The summed E-state index contributed by atoms with van der Waals surface area (Å²) >= 11 is 0. The van der Waals surface area contributed by atoms with Crippen LogP contribution in [0, 0.1) is 11.8 Å². The van der Waals surface area contributed by atoms with E-state index in [4.69, 9.17) is 5.11 Å². The standard InChI is InChI=1S/C12H15N3O3/c16-10(15-12-13-6-3-7-14-12)8-4-1-2-5-9(8)11(17)18/h3,6-9H,1-2,4-5H2,(H,17,18)(H,13,14,15,16). The minimum atomic E-state index is -0.899. The van der Waals surface area contributed by atoms with Crippen LogP contribution in [0.25, 0.3) is 0 Å². The molecule has 0 bridgehead atoms. The maximum atomic E-state index is 12.0. The van der Waals surface area contributed by atoms with Crippen molar-refractivity contribution in [3.63, 3.8) is 0 Å². The maximum absolute atomic E-state index is 12.0. The number of carboxylic acids is 1. The van der Waals surface area contributed by atoms with E-state index in [9.17, 15) is 9.59 Å². The van der Waals surface area contributed by atoms with Crippen molar-refractivity contribution in [1.29, 1.82) is 0 Å². The molecule has 0 aliphatic heterocycles. The normalized spacial score (nSPS) is 23.3. The zero-order valence-corrected chi connectivity index (χ0v) is 9.87. The second-order valence-electron chi connectivity index (χ2n) is 4.40. The van der Waals surface area contributed by atoms with Gasteiger partial charge in [0.05, 0.1) is 11.8 Å². The lowest BCUT2D eigenvalue weighted by Gasteiger charge is -2.27. The van der Waals surface area contributed by atoms with Gasteiger partial charge in [-0.3, -0.25) is 14.9 Å². The van der Waals surface area contributed by atoms with E-state index in [1.807, 2.05) is 0 Å². The van der Waals surface area contributed by atoms with Crippen LogP contribution in [-0.2, 0) is 9.59 Å². The molecule has 0 aromatic carbocycles. The Bertz CT molecular complexity index is 435. The summed E-state index contributed by atoms with van der Waals surface area (Å²) in [5.74, 6) is -2.06. The summed E-state index contributed by atoms with van der Waals surface area (Å²) in [5, 5.41) is 11.7. The van der Waals surface area contributed by atoms with E-state index in [-0.39, 0.29) is 11.9 Å². The van der Waals surface area contributed by atoms with Crippen molar-refractivity contribution < 1.29 is 14.7 Å². The minimum Gasteiger partial charge on any atom is -0.481 e. The Morgan fingerprint density at radius 2 is 1.78 bits per heavy atom. The van der Waals surface area contributed by atoms with Crippen LogP contribution >= 0.6 is 0 Å². The van der Waals surface area contributed by atoms with Crippen LogP contribution < -0.4 is 5.32 Å². The van der Waals surface area contributed by atoms with Crippen LogP contribution in [0.1, 0.15) is 25.7 Å². The lowest BCUT2D eigenvalue weighted by Crippen LogP contribution is -2.36. The smallest absolute Gasteiger partial charge is 0.307 e. The second kappa shape index (κ2) is 5.57. The number of aromatic nitrogens is 2. The zero-order valence-electron chi connectivity index (χ0n) is 9.87. The predicted molar refractivity (Wildman–Crippen MR) is 63.7 cm³/mol. The fraction of sp³-hybridized carbons (Fsp3) is 0.500. The molecule has 1 aromatic heterocycles. The number of nitrogens with one attached hydrogen (secondary N) is 1. The van der Waals surface area contributed by atoms with Gasteiger partial charge in [0.25, 0.3) is 0 Å². The number of nitrogens with zero attached hydrogens (tertiary/aromatic N) is 2. The van der Waals surface area contributed by atoms with Crippen LogP contribution in [0.5, 0.6) is 0 Å². The predicted octanol–water partition coefficient (Wildman–Crippen LogP) is 1.31. The average Bonchev–Trinajstić information content (AvgIpc) is 2.40. The van der Waals surface area contributed by atoms with Crippen molar-refractivity contribution in [2.45, 2.75) is 25.7 Å². The molecule has 2 N–H and O–H groups in total. The van der Waals surface area contributed by atoms with Gasteiger partial charge < -0.3 is 5.11 Å². The molecule has 1 saturated carbocycles. The Kier molecular flexibility index (Phi) is 3.86. The molecular weight excluding hydrogens is 234 g/mol. The Morgan fingerprint density at radius 1 is 1.17 bits per heavy atom. The minimum absolute atomic E-state index is 0.220. The molecule has 1 heterocycles. The monoisotopic (exact) mass is 249 g/mol. The van der Waals surface area contributed by atoms with Gasteiger partial charge in [-0.1, -0.05) is 12.8 Å². The van der Waals surface area contributed by atoms with E-state index in [0.29, 0.717) is 12.8 Å². The maximum Gasteiger partial charge on any atom is 0.307 e. The number of amides is 1. The molecule has 1 aliphatic rings. The third kappa shape index (κ3) is 2.82. The summed E-state index contributed by atoms with van der Waals surface area (Å²) in [6.07, 6.45) is 5.97. The van der Waals surface area contributed by atoms with Gasteiger partial charge in [0.1, 0.15) is 0 Å². The zero-order chi connectivity index (χ0) is 13.0. The largest absolute Gasteiger partial charge is 0.481 e. The van der Waals surface area contributed by atoms with Crippen LogP contribution in [-0.4, -0.2) is 27.0 Å². The third-order valence-corrected chi connectivity index (χ3v) is 3.22. The number of hydrogen-bond acceptors (Lipinski definition) is 4. The van der Waals surface area contributed by atoms with Crippen molar-refractivity contribution in [3.8, 4) is 0 Å². The number of carbonyl (C=O) groups excluding carboxylic acids is 1. The molecule has 1 amide bonds. The first-order chi connectivity index (χ1) is 8.68. The van der Waals surface area contributed by atoms with E-state index in [2.05, 4.69) is 15.3 Å². The molecule has 0 radical (unpaired) electrons. The van der Waals surface area contributed by atoms with Crippen molar-refractivity contribution in [1.82, 2.24) is 9.97 Å². The van der Waals surface area contributed by atoms with E-state index in [1.165, 1.54) is 12.4 Å². The topological polar surface area (TPSA) is 92.2 Å². The SMILES string of the molecule is O=C(O)C1CCCCC1C(=O)Nc1ncccn1. The van der Waals surface area contributed by atoms with Crippen molar-refractivity contribution in [3.05, 3.63) is 18.5 Å². The van der Waals surface area contributed by atoms with Crippen molar-refractivity contribution in [2.75, 3.05) is 5.32 Å². The van der Waals surface area contributed by atoms with Gasteiger partial charge >= 0.3 is 5.97 Å². The molecular formula is C12H15N3O3. The van der Waals surface area contributed by atoms with Gasteiger partial charge in [-0.2, -0.15) is 0 Å². The molecule has 0 saturated heterocycles. The molecule has 0 spiro atoms. The van der Waals surface area contributed by atoms with Gasteiger partial charge in [0.15, 0.2) is 0 Å². The van der Waals surface area contributed by atoms with Crippen LogP contribution in [0.3, 0.4) is 0 Å². The molecule has 2 unspecified atom stereocenters. The van der Waals surface area contributed by atoms with Crippen LogP contribution in [0.2, 0.25) is 0 Å². The number of hydrogen-bond donors (Lipinski definition) is 2. The fourth-order valence-corrected chi connectivity index (χ4v) is 2.31. The molecule has 2 atom stereocenters. The lowest BCUT2D eigenvalue weighted by atomic mass is 9.79. The molecule has 96 valence electrons. The van der Waals surface area contributed by atoms with Gasteiger partial charge in [-0.25, -0.2) is 9.97 Å². The number of anilines is 1. The summed E-state index contributed by atoms with van der Waals surface area (Å²) in [6.45, 7) is 0. The van der Waals surface area contributed by atoms with Gasteiger partial charge in [0.2, 0.25) is 11.9 Å². The molecule has 18 heavy (non-hydrogen) atoms. The number of aliphatic carboxylic acids is 1. The molecule has 1 fully saturated rings. The lowest BCUT2D eigenvalue weighted by molar-refractivity contribution is -0.147. The van der Waals surface area contributed by atoms with Crippen LogP contribution in [0.4, 0.5) is 5.95 Å².